The Morgan fingerprint density at radius 3 is 2.95 bits per heavy atom. The number of aliphatic hydroxyl groups excluding tert-OH is 1. The van der Waals surface area contributed by atoms with Crippen molar-refractivity contribution in [2.24, 2.45) is 0 Å². The molecule has 1 atom stereocenters. The third kappa shape index (κ3) is 6.63. The Balaban J connectivity index is 2.67. The van der Waals surface area contributed by atoms with E-state index in [0.29, 0.717) is 30.0 Å². The van der Waals surface area contributed by atoms with Crippen LogP contribution in [0.5, 0.6) is 0 Å². The first-order valence-corrected chi connectivity index (χ1v) is 7.16. The minimum absolute atomic E-state index is 0.0296. The lowest BCUT2D eigenvalue weighted by atomic mass is 10.1. The number of aliphatic hydroxyl groups is 1. The van der Waals surface area contributed by atoms with Crippen molar-refractivity contribution in [3.8, 4) is 11.8 Å². The molecule has 1 rings (SSSR count). The van der Waals surface area contributed by atoms with Crippen molar-refractivity contribution in [3.05, 3.63) is 28.8 Å². The molecular formula is C16H20ClNO3. The highest BCUT2D eigenvalue weighted by Gasteiger charge is 2.08. The minimum Gasteiger partial charge on any atom is -0.395 e. The lowest BCUT2D eigenvalue weighted by Crippen LogP contribution is -2.15. The standard InChI is InChI=1S/C16H20ClNO3/c1-12(21-2)6-9-16(20)18-15-11-13(5-3-4-10-19)7-8-14(15)17/h7-8,11-12,19H,4,6,9-10H2,1-2H3,(H,18,20). The summed E-state index contributed by atoms with van der Waals surface area (Å²) in [5.74, 6) is 5.62. The number of carbonyl (C=O) groups excluding carboxylic acids is 1. The number of ether oxygens (including phenoxy) is 1. The van der Waals surface area contributed by atoms with Gasteiger partial charge < -0.3 is 15.2 Å². The van der Waals surface area contributed by atoms with Crippen LogP contribution >= 0.6 is 11.6 Å². The Morgan fingerprint density at radius 2 is 2.29 bits per heavy atom. The van der Waals surface area contributed by atoms with E-state index in [0.717, 1.165) is 5.56 Å². The summed E-state index contributed by atoms with van der Waals surface area (Å²) in [5, 5.41) is 11.9. The Morgan fingerprint density at radius 1 is 1.52 bits per heavy atom. The summed E-state index contributed by atoms with van der Waals surface area (Å²) in [7, 11) is 1.62. The van der Waals surface area contributed by atoms with Crippen molar-refractivity contribution in [2.45, 2.75) is 32.3 Å². The Labute approximate surface area is 130 Å². The lowest BCUT2D eigenvalue weighted by molar-refractivity contribution is -0.116. The summed E-state index contributed by atoms with van der Waals surface area (Å²) >= 11 is 6.06. The SMILES string of the molecule is COC(C)CCC(=O)Nc1cc(C#CCCO)ccc1Cl. The fourth-order valence-corrected chi connectivity index (χ4v) is 1.75. The number of methoxy groups -OCH3 is 1. The maximum absolute atomic E-state index is 11.9. The second-order valence-corrected chi connectivity index (χ2v) is 5.01. The highest BCUT2D eigenvalue weighted by atomic mass is 35.5. The third-order valence-electron chi connectivity index (χ3n) is 2.89. The fraction of sp³-hybridized carbons (Fsp3) is 0.438. The van der Waals surface area contributed by atoms with E-state index in [1.807, 2.05) is 6.92 Å². The summed E-state index contributed by atoms with van der Waals surface area (Å²) in [6.45, 7) is 1.94. The van der Waals surface area contributed by atoms with Crippen molar-refractivity contribution >= 4 is 23.2 Å². The van der Waals surface area contributed by atoms with Crippen LogP contribution in [0.15, 0.2) is 18.2 Å². The molecule has 0 saturated carbocycles. The van der Waals surface area contributed by atoms with Crippen molar-refractivity contribution < 1.29 is 14.6 Å². The van der Waals surface area contributed by atoms with E-state index < -0.39 is 0 Å². The number of hydrogen-bond acceptors (Lipinski definition) is 3. The zero-order chi connectivity index (χ0) is 15.7. The fourth-order valence-electron chi connectivity index (χ4n) is 1.58. The average Bonchev–Trinajstić information content (AvgIpc) is 2.48. The predicted octanol–water partition coefficient (Wildman–Crippen LogP) is 2.83. The van der Waals surface area contributed by atoms with Crippen molar-refractivity contribution in [2.75, 3.05) is 19.0 Å². The third-order valence-corrected chi connectivity index (χ3v) is 3.22. The van der Waals surface area contributed by atoms with Gasteiger partial charge >= 0.3 is 0 Å². The zero-order valence-corrected chi connectivity index (χ0v) is 13.0. The molecule has 1 aromatic rings. The number of benzene rings is 1. The van der Waals surface area contributed by atoms with E-state index in [1.54, 1.807) is 25.3 Å². The van der Waals surface area contributed by atoms with Crippen LogP contribution in [0.2, 0.25) is 5.02 Å². The number of carbonyl (C=O) groups is 1. The van der Waals surface area contributed by atoms with Crippen LogP contribution in [0.3, 0.4) is 0 Å². The second-order valence-electron chi connectivity index (χ2n) is 4.60. The summed E-state index contributed by atoms with van der Waals surface area (Å²) in [4.78, 5) is 11.9. The van der Waals surface area contributed by atoms with Gasteiger partial charge in [0, 0.05) is 25.5 Å². The molecule has 0 fully saturated rings. The molecule has 0 spiro atoms. The van der Waals surface area contributed by atoms with Crippen LogP contribution in [0.25, 0.3) is 0 Å². The number of anilines is 1. The smallest absolute Gasteiger partial charge is 0.224 e. The summed E-state index contributed by atoms with van der Waals surface area (Å²) < 4.78 is 5.10. The number of hydrogen-bond donors (Lipinski definition) is 2. The van der Waals surface area contributed by atoms with Gasteiger partial charge in [-0.15, -0.1) is 0 Å². The Hall–Kier alpha value is -1.54. The van der Waals surface area contributed by atoms with Crippen molar-refractivity contribution in [1.29, 1.82) is 0 Å². The van der Waals surface area contributed by atoms with Gasteiger partial charge in [0.1, 0.15) is 0 Å². The maximum Gasteiger partial charge on any atom is 0.224 e. The van der Waals surface area contributed by atoms with E-state index in [2.05, 4.69) is 17.2 Å². The van der Waals surface area contributed by atoms with Crippen molar-refractivity contribution in [3.63, 3.8) is 0 Å². The largest absolute Gasteiger partial charge is 0.395 e. The van der Waals surface area contributed by atoms with Crippen LogP contribution in [-0.2, 0) is 9.53 Å². The second kappa shape index (κ2) is 9.41. The highest BCUT2D eigenvalue weighted by molar-refractivity contribution is 6.33. The topological polar surface area (TPSA) is 58.6 Å². The van der Waals surface area contributed by atoms with Crippen LogP contribution in [0, 0.1) is 11.8 Å². The van der Waals surface area contributed by atoms with Gasteiger partial charge in [-0.05, 0) is 31.5 Å². The highest BCUT2D eigenvalue weighted by Crippen LogP contribution is 2.23. The van der Waals surface area contributed by atoms with Gasteiger partial charge in [-0.2, -0.15) is 0 Å². The molecule has 1 amide bonds. The van der Waals surface area contributed by atoms with Crippen LogP contribution in [-0.4, -0.2) is 30.8 Å². The molecule has 114 valence electrons. The Kier molecular flexibility index (Phi) is 7.84. The van der Waals surface area contributed by atoms with Gasteiger partial charge in [0.15, 0.2) is 0 Å². The molecule has 1 unspecified atom stereocenters. The van der Waals surface area contributed by atoms with Gasteiger partial charge in [0.05, 0.1) is 23.4 Å². The number of nitrogens with one attached hydrogen (secondary N) is 1. The molecule has 21 heavy (non-hydrogen) atoms. The molecule has 0 aliphatic rings. The summed E-state index contributed by atoms with van der Waals surface area (Å²) in [6.07, 6.45) is 1.47. The molecule has 0 bridgehead atoms. The first-order valence-electron chi connectivity index (χ1n) is 6.78. The zero-order valence-electron chi connectivity index (χ0n) is 12.3. The molecule has 0 aliphatic carbocycles. The number of halogens is 1. The van der Waals surface area contributed by atoms with E-state index >= 15 is 0 Å². The first-order chi connectivity index (χ1) is 10.1. The average molecular weight is 310 g/mol. The molecule has 1 aromatic carbocycles. The molecule has 0 heterocycles. The van der Waals surface area contributed by atoms with Crippen molar-refractivity contribution in [1.82, 2.24) is 0 Å². The monoisotopic (exact) mass is 309 g/mol. The lowest BCUT2D eigenvalue weighted by Gasteiger charge is -2.10. The molecule has 5 heteroatoms. The molecule has 0 radical (unpaired) electrons. The van der Waals surface area contributed by atoms with Crippen LogP contribution in [0.1, 0.15) is 31.7 Å². The molecule has 0 aromatic heterocycles. The first kappa shape index (κ1) is 17.5. The van der Waals surface area contributed by atoms with Gasteiger partial charge in [-0.25, -0.2) is 0 Å². The minimum atomic E-state index is -0.110. The van der Waals surface area contributed by atoms with Gasteiger partial charge in [0.2, 0.25) is 5.91 Å². The van der Waals surface area contributed by atoms with Gasteiger partial charge in [0.25, 0.3) is 0 Å². The molecule has 2 N–H and O–H groups in total. The number of rotatable bonds is 6. The van der Waals surface area contributed by atoms with Crippen LogP contribution < -0.4 is 5.32 Å². The Bertz CT molecular complexity index is 534. The quantitative estimate of drug-likeness (QED) is 0.794. The predicted molar refractivity (Wildman–Crippen MR) is 84.4 cm³/mol. The van der Waals surface area contributed by atoms with Crippen LogP contribution in [0.4, 0.5) is 5.69 Å². The maximum atomic E-state index is 11.9. The molecular weight excluding hydrogens is 290 g/mol. The van der Waals surface area contributed by atoms with E-state index in [-0.39, 0.29) is 18.6 Å². The summed E-state index contributed by atoms with van der Waals surface area (Å²) in [5.41, 5.74) is 1.29. The van der Waals surface area contributed by atoms with E-state index in [4.69, 9.17) is 21.4 Å². The van der Waals surface area contributed by atoms with Gasteiger partial charge in [-0.3, -0.25) is 4.79 Å². The number of amides is 1. The molecule has 0 aliphatic heterocycles. The summed E-state index contributed by atoms with van der Waals surface area (Å²) in [6, 6.07) is 5.19. The van der Waals surface area contributed by atoms with E-state index in [1.165, 1.54) is 0 Å². The molecule has 0 saturated heterocycles. The van der Waals surface area contributed by atoms with E-state index in [9.17, 15) is 4.79 Å². The normalized spacial score (nSPS) is 11.4. The molecule has 4 nitrogen and oxygen atoms in total. The van der Waals surface area contributed by atoms with Gasteiger partial charge in [-0.1, -0.05) is 23.4 Å².